The molecule has 0 saturated heterocycles. The van der Waals surface area contributed by atoms with Crippen LogP contribution in [-0.4, -0.2) is 32.6 Å². The van der Waals surface area contributed by atoms with E-state index in [0.717, 1.165) is 0 Å². The van der Waals surface area contributed by atoms with Gasteiger partial charge in [0.2, 0.25) is 0 Å². The molecule has 1 aliphatic rings. The Hall–Kier alpha value is -3.15. The van der Waals surface area contributed by atoms with Crippen LogP contribution < -0.4 is 9.47 Å². The fourth-order valence-electron chi connectivity index (χ4n) is 3.70. The third-order valence-corrected chi connectivity index (χ3v) is 5.07. The average molecular weight is 398 g/mol. The summed E-state index contributed by atoms with van der Waals surface area (Å²) in [5.41, 5.74) is 1.69. The van der Waals surface area contributed by atoms with E-state index in [-0.39, 0.29) is 6.61 Å². The first-order valence-corrected chi connectivity index (χ1v) is 9.38. The Morgan fingerprint density at radius 2 is 1.90 bits per heavy atom. The second-order valence-electron chi connectivity index (χ2n) is 6.70. The van der Waals surface area contributed by atoms with Crippen molar-refractivity contribution in [1.29, 1.82) is 0 Å². The molecule has 2 aromatic carbocycles. The van der Waals surface area contributed by atoms with Crippen LogP contribution in [0, 0.1) is 11.7 Å². The van der Waals surface area contributed by atoms with Gasteiger partial charge < -0.3 is 14.2 Å². The molecule has 0 aromatic heterocycles. The average Bonchev–Trinajstić information content (AvgIpc) is 2.73. The van der Waals surface area contributed by atoms with E-state index in [1.165, 1.54) is 19.3 Å². The fourth-order valence-corrected chi connectivity index (χ4v) is 3.70. The number of methoxy groups -OCH3 is 2. The van der Waals surface area contributed by atoms with Crippen LogP contribution in [-0.2, 0) is 14.3 Å². The van der Waals surface area contributed by atoms with Crippen LogP contribution in [0.15, 0.2) is 48.5 Å². The highest BCUT2D eigenvalue weighted by atomic mass is 19.1. The molecule has 0 bridgehead atoms. The summed E-state index contributed by atoms with van der Waals surface area (Å²) < 4.78 is 30.4. The van der Waals surface area contributed by atoms with Crippen molar-refractivity contribution in [2.24, 2.45) is 5.92 Å². The van der Waals surface area contributed by atoms with Gasteiger partial charge in [0, 0.05) is 17.5 Å². The molecule has 0 N–H and O–H groups in total. The maximum atomic E-state index is 14.6. The molecule has 0 fully saturated rings. The number of allylic oxidation sites excluding steroid dienone is 2. The lowest BCUT2D eigenvalue weighted by molar-refractivity contribution is -0.151. The quantitative estimate of drug-likeness (QED) is 0.540. The van der Waals surface area contributed by atoms with E-state index in [2.05, 4.69) is 0 Å². The van der Waals surface area contributed by atoms with Gasteiger partial charge in [-0.2, -0.15) is 0 Å². The van der Waals surface area contributed by atoms with Gasteiger partial charge in [0.05, 0.1) is 20.8 Å². The van der Waals surface area contributed by atoms with E-state index in [0.29, 0.717) is 34.6 Å². The van der Waals surface area contributed by atoms with Gasteiger partial charge in [0.15, 0.2) is 5.78 Å². The van der Waals surface area contributed by atoms with Gasteiger partial charge in [-0.25, -0.2) is 4.39 Å². The lowest BCUT2D eigenvalue weighted by Gasteiger charge is -2.30. The van der Waals surface area contributed by atoms with Gasteiger partial charge in [-0.1, -0.05) is 18.2 Å². The summed E-state index contributed by atoms with van der Waals surface area (Å²) in [7, 11) is 3.08. The van der Waals surface area contributed by atoms with Crippen LogP contribution in [0.25, 0.3) is 5.57 Å². The smallest absolute Gasteiger partial charge is 0.317 e. The zero-order chi connectivity index (χ0) is 21.0. The molecule has 152 valence electrons. The maximum Gasteiger partial charge on any atom is 0.317 e. The monoisotopic (exact) mass is 398 g/mol. The summed E-state index contributed by atoms with van der Waals surface area (Å²) >= 11 is 0. The standard InChI is InChI=1S/C23H23FO5/c1-4-29-23(26)22-18(17-7-5-6-8-19(17)24)11-14(12-20(22)25)16-10-9-15(27-2)13-21(16)28-3/h5-10,12-13,18,22H,4,11H2,1-3H3. The Morgan fingerprint density at radius 1 is 1.14 bits per heavy atom. The molecule has 0 aliphatic heterocycles. The largest absolute Gasteiger partial charge is 0.497 e. The summed E-state index contributed by atoms with van der Waals surface area (Å²) in [6.07, 6.45) is 1.72. The number of carbonyl (C=O) groups excluding carboxylic acids is 2. The highest BCUT2D eigenvalue weighted by Gasteiger charge is 2.41. The van der Waals surface area contributed by atoms with Crippen LogP contribution in [0.3, 0.4) is 0 Å². The topological polar surface area (TPSA) is 61.8 Å². The molecule has 2 atom stereocenters. The van der Waals surface area contributed by atoms with Crippen molar-refractivity contribution in [2.75, 3.05) is 20.8 Å². The van der Waals surface area contributed by atoms with Crippen LogP contribution in [0.2, 0.25) is 0 Å². The van der Waals surface area contributed by atoms with Crippen molar-refractivity contribution in [3.8, 4) is 11.5 Å². The molecule has 5 nitrogen and oxygen atoms in total. The summed E-state index contributed by atoms with van der Waals surface area (Å²) in [6.45, 7) is 1.82. The van der Waals surface area contributed by atoms with Crippen molar-refractivity contribution in [2.45, 2.75) is 19.3 Å². The van der Waals surface area contributed by atoms with E-state index < -0.39 is 29.4 Å². The summed E-state index contributed by atoms with van der Waals surface area (Å²) in [6, 6.07) is 11.5. The molecule has 0 radical (unpaired) electrons. The van der Waals surface area contributed by atoms with Gasteiger partial charge in [0.1, 0.15) is 23.2 Å². The summed E-state index contributed by atoms with van der Waals surface area (Å²) in [5.74, 6) is -2.11. The molecule has 0 saturated carbocycles. The minimum Gasteiger partial charge on any atom is -0.497 e. The van der Waals surface area contributed by atoms with Crippen molar-refractivity contribution in [3.05, 3.63) is 65.5 Å². The molecule has 0 spiro atoms. The molecule has 29 heavy (non-hydrogen) atoms. The van der Waals surface area contributed by atoms with Gasteiger partial charge in [0.25, 0.3) is 0 Å². The first kappa shape index (κ1) is 20.6. The van der Waals surface area contributed by atoms with E-state index in [4.69, 9.17) is 14.2 Å². The van der Waals surface area contributed by atoms with Crippen LogP contribution in [0.5, 0.6) is 11.5 Å². The number of esters is 1. The number of rotatable bonds is 6. The zero-order valence-corrected chi connectivity index (χ0v) is 16.6. The van der Waals surface area contributed by atoms with Gasteiger partial charge in [-0.3, -0.25) is 9.59 Å². The number of ketones is 1. The number of benzene rings is 2. The van der Waals surface area contributed by atoms with Crippen molar-refractivity contribution >= 4 is 17.3 Å². The Morgan fingerprint density at radius 3 is 2.55 bits per heavy atom. The van der Waals surface area contributed by atoms with Gasteiger partial charge in [-0.05, 0) is 48.8 Å². The van der Waals surface area contributed by atoms with Crippen molar-refractivity contribution in [3.63, 3.8) is 0 Å². The Kier molecular flexibility index (Phi) is 6.32. The van der Waals surface area contributed by atoms with Crippen LogP contribution >= 0.6 is 0 Å². The second-order valence-corrected chi connectivity index (χ2v) is 6.70. The molecule has 1 aliphatic carbocycles. The van der Waals surface area contributed by atoms with Crippen molar-refractivity contribution in [1.82, 2.24) is 0 Å². The second kappa shape index (κ2) is 8.90. The Bertz CT molecular complexity index is 950. The molecule has 2 unspecified atom stereocenters. The summed E-state index contributed by atoms with van der Waals surface area (Å²) in [5, 5.41) is 0. The third kappa shape index (κ3) is 4.16. The molecular formula is C23H23FO5. The predicted molar refractivity (Wildman–Crippen MR) is 106 cm³/mol. The number of halogens is 1. The number of ether oxygens (including phenoxy) is 3. The fraction of sp³-hybridized carbons (Fsp3) is 0.304. The molecule has 3 rings (SSSR count). The number of hydrogen-bond donors (Lipinski definition) is 0. The molecule has 0 heterocycles. The number of hydrogen-bond acceptors (Lipinski definition) is 5. The Labute approximate surface area is 169 Å². The highest BCUT2D eigenvalue weighted by molar-refractivity contribution is 6.11. The van der Waals surface area contributed by atoms with Crippen LogP contribution in [0.4, 0.5) is 4.39 Å². The van der Waals surface area contributed by atoms with Gasteiger partial charge in [-0.15, -0.1) is 0 Å². The normalized spacial score (nSPS) is 18.8. The molecule has 0 amide bonds. The third-order valence-electron chi connectivity index (χ3n) is 5.07. The van der Waals surface area contributed by atoms with E-state index in [9.17, 15) is 14.0 Å². The van der Waals surface area contributed by atoms with Gasteiger partial charge >= 0.3 is 5.97 Å². The molecular weight excluding hydrogens is 375 g/mol. The maximum absolute atomic E-state index is 14.6. The highest BCUT2D eigenvalue weighted by Crippen LogP contribution is 2.43. The SMILES string of the molecule is CCOC(=O)C1C(=O)C=C(c2ccc(OC)cc2OC)CC1c1ccccc1F. The zero-order valence-electron chi connectivity index (χ0n) is 16.6. The minimum absolute atomic E-state index is 0.148. The minimum atomic E-state index is -1.08. The van der Waals surface area contributed by atoms with E-state index in [1.807, 2.05) is 0 Å². The Balaban J connectivity index is 2.08. The molecule has 6 heteroatoms. The first-order valence-electron chi connectivity index (χ1n) is 9.38. The summed E-state index contributed by atoms with van der Waals surface area (Å²) in [4.78, 5) is 25.5. The predicted octanol–water partition coefficient (Wildman–Crippen LogP) is 4.16. The first-order chi connectivity index (χ1) is 14.0. The van der Waals surface area contributed by atoms with Crippen molar-refractivity contribution < 1.29 is 28.2 Å². The van der Waals surface area contributed by atoms with E-state index >= 15 is 0 Å². The van der Waals surface area contributed by atoms with E-state index in [1.54, 1.807) is 50.4 Å². The molecule has 2 aromatic rings. The lowest BCUT2D eigenvalue weighted by atomic mass is 9.73. The lowest BCUT2D eigenvalue weighted by Crippen LogP contribution is -2.34. The van der Waals surface area contributed by atoms with Crippen LogP contribution in [0.1, 0.15) is 30.4 Å². The number of carbonyl (C=O) groups is 2.